The summed E-state index contributed by atoms with van der Waals surface area (Å²) in [6, 6.07) is 20.7. The number of ether oxygens (including phenoxy) is 1. The van der Waals surface area contributed by atoms with Crippen LogP contribution in [0, 0.1) is 0 Å². The Bertz CT molecular complexity index is 1060. The number of rotatable bonds is 7. The molecule has 0 bridgehead atoms. The van der Waals surface area contributed by atoms with E-state index in [2.05, 4.69) is 10.2 Å². The van der Waals surface area contributed by atoms with E-state index in [-0.39, 0.29) is 5.78 Å². The van der Waals surface area contributed by atoms with E-state index in [9.17, 15) is 4.79 Å². The highest BCUT2D eigenvalue weighted by molar-refractivity contribution is 7.99. The summed E-state index contributed by atoms with van der Waals surface area (Å²) in [5.74, 6) is 2.62. The van der Waals surface area contributed by atoms with E-state index in [0.717, 1.165) is 21.6 Å². The summed E-state index contributed by atoms with van der Waals surface area (Å²) in [7, 11) is 1.91. The topological polar surface area (TPSA) is 57.0 Å². The van der Waals surface area contributed by atoms with Crippen molar-refractivity contribution in [2.75, 3.05) is 5.75 Å². The van der Waals surface area contributed by atoms with Gasteiger partial charge in [-0.1, -0.05) is 36.0 Å². The summed E-state index contributed by atoms with van der Waals surface area (Å²) >= 11 is 3.00. The van der Waals surface area contributed by atoms with E-state index in [1.54, 1.807) is 23.5 Å². The highest BCUT2D eigenvalue weighted by Crippen LogP contribution is 2.27. The van der Waals surface area contributed by atoms with Crippen molar-refractivity contribution in [3.8, 4) is 22.2 Å². The predicted octanol–water partition coefficient (Wildman–Crippen LogP) is 5.31. The largest absolute Gasteiger partial charge is 0.457 e. The van der Waals surface area contributed by atoms with Crippen molar-refractivity contribution in [3.63, 3.8) is 0 Å². The summed E-state index contributed by atoms with van der Waals surface area (Å²) in [5, 5.41) is 11.2. The molecule has 0 N–H and O–H groups in total. The fraction of sp³-hybridized carbons (Fsp3) is 0.0952. The van der Waals surface area contributed by atoms with Crippen LogP contribution in [0.5, 0.6) is 11.5 Å². The van der Waals surface area contributed by atoms with E-state index in [4.69, 9.17) is 4.74 Å². The van der Waals surface area contributed by atoms with Crippen molar-refractivity contribution in [2.24, 2.45) is 7.05 Å². The lowest BCUT2D eigenvalue weighted by Gasteiger charge is -2.06. The van der Waals surface area contributed by atoms with E-state index in [0.29, 0.717) is 17.1 Å². The number of ketones is 1. The van der Waals surface area contributed by atoms with Gasteiger partial charge in [0.15, 0.2) is 16.8 Å². The number of hydrogen-bond acceptors (Lipinski definition) is 6. The molecule has 5 nitrogen and oxygen atoms in total. The van der Waals surface area contributed by atoms with Gasteiger partial charge in [0.05, 0.1) is 10.6 Å². The molecule has 2 aromatic heterocycles. The molecule has 0 fully saturated rings. The maximum Gasteiger partial charge on any atom is 0.191 e. The summed E-state index contributed by atoms with van der Waals surface area (Å²) < 4.78 is 7.68. The molecule has 0 saturated carbocycles. The summed E-state index contributed by atoms with van der Waals surface area (Å²) in [6.07, 6.45) is 0. The Morgan fingerprint density at radius 3 is 2.46 bits per heavy atom. The van der Waals surface area contributed by atoms with Crippen molar-refractivity contribution in [2.45, 2.75) is 5.16 Å². The number of nitrogens with zero attached hydrogens (tertiary/aromatic N) is 3. The Labute approximate surface area is 171 Å². The van der Waals surface area contributed by atoms with Crippen LogP contribution in [0.1, 0.15) is 10.4 Å². The first-order chi connectivity index (χ1) is 13.7. The molecule has 2 heterocycles. The third-order valence-corrected chi connectivity index (χ3v) is 5.95. The lowest BCUT2D eigenvalue weighted by Crippen LogP contribution is -2.03. The fourth-order valence-electron chi connectivity index (χ4n) is 2.61. The minimum absolute atomic E-state index is 0.0388. The van der Waals surface area contributed by atoms with E-state index < -0.39 is 0 Å². The van der Waals surface area contributed by atoms with Crippen molar-refractivity contribution in [1.82, 2.24) is 14.8 Å². The number of carbonyl (C=O) groups excluding carboxylic acids is 1. The van der Waals surface area contributed by atoms with Crippen LogP contribution < -0.4 is 4.74 Å². The van der Waals surface area contributed by atoms with Crippen molar-refractivity contribution in [1.29, 1.82) is 0 Å². The van der Waals surface area contributed by atoms with Crippen LogP contribution in [-0.2, 0) is 7.05 Å². The van der Waals surface area contributed by atoms with Gasteiger partial charge in [-0.3, -0.25) is 4.79 Å². The normalized spacial score (nSPS) is 10.8. The predicted molar refractivity (Wildman–Crippen MR) is 112 cm³/mol. The van der Waals surface area contributed by atoms with Crippen LogP contribution in [0.25, 0.3) is 10.7 Å². The van der Waals surface area contributed by atoms with Crippen LogP contribution in [-0.4, -0.2) is 26.3 Å². The average molecular weight is 408 g/mol. The molecule has 0 atom stereocenters. The van der Waals surface area contributed by atoms with Crippen LogP contribution in [0.3, 0.4) is 0 Å². The Morgan fingerprint density at radius 1 is 1.00 bits per heavy atom. The Morgan fingerprint density at radius 2 is 1.75 bits per heavy atom. The van der Waals surface area contributed by atoms with Gasteiger partial charge in [0.2, 0.25) is 0 Å². The Hall–Kier alpha value is -2.90. The second-order valence-corrected chi connectivity index (χ2v) is 7.88. The average Bonchev–Trinajstić information content (AvgIpc) is 3.37. The minimum atomic E-state index is 0.0388. The third kappa shape index (κ3) is 4.16. The number of aromatic nitrogens is 3. The molecule has 4 rings (SSSR count). The van der Waals surface area contributed by atoms with Gasteiger partial charge in [-0.05, 0) is 47.8 Å². The highest BCUT2D eigenvalue weighted by atomic mass is 32.2. The zero-order chi connectivity index (χ0) is 19.3. The molecule has 0 unspecified atom stereocenters. The van der Waals surface area contributed by atoms with Crippen molar-refractivity contribution < 1.29 is 9.53 Å². The molecule has 0 aliphatic heterocycles. The molecule has 0 aliphatic carbocycles. The van der Waals surface area contributed by atoms with Gasteiger partial charge in [0.25, 0.3) is 0 Å². The Kier molecular flexibility index (Phi) is 5.55. The van der Waals surface area contributed by atoms with Gasteiger partial charge in [0.1, 0.15) is 11.5 Å². The van der Waals surface area contributed by atoms with Crippen molar-refractivity contribution in [3.05, 3.63) is 77.7 Å². The SMILES string of the molecule is Cn1c(SCC(=O)c2ccc(Oc3ccccc3)cc2)nnc1-c1cccs1. The molecular formula is C21H17N3O2S2. The van der Waals surface area contributed by atoms with Gasteiger partial charge >= 0.3 is 0 Å². The first-order valence-electron chi connectivity index (χ1n) is 8.63. The molecule has 7 heteroatoms. The van der Waals surface area contributed by atoms with E-state index in [1.165, 1.54) is 11.8 Å². The molecule has 4 aromatic rings. The molecular weight excluding hydrogens is 390 g/mol. The fourth-order valence-corrected chi connectivity index (χ4v) is 4.16. The minimum Gasteiger partial charge on any atom is -0.457 e. The highest BCUT2D eigenvalue weighted by Gasteiger charge is 2.14. The maximum atomic E-state index is 12.5. The first kappa shape index (κ1) is 18.5. The molecule has 0 amide bonds. The van der Waals surface area contributed by atoms with Gasteiger partial charge < -0.3 is 9.30 Å². The molecule has 0 spiro atoms. The number of para-hydroxylation sites is 1. The van der Waals surface area contributed by atoms with Gasteiger partial charge in [-0.25, -0.2) is 0 Å². The quantitative estimate of drug-likeness (QED) is 0.307. The van der Waals surface area contributed by atoms with Crippen LogP contribution in [0.4, 0.5) is 0 Å². The number of thioether (sulfide) groups is 1. The monoisotopic (exact) mass is 407 g/mol. The summed E-state index contributed by atoms with van der Waals surface area (Å²) in [6.45, 7) is 0. The standard InChI is InChI=1S/C21H17N3O2S2/c1-24-20(19-8-5-13-27-19)22-23-21(24)28-14-18(25)15-9-11-17(12-10-15)26-16-6-3-2-4-7-16/h2-13H,14H2,1H3. The van der Waals surface area contributed by atoms with Crippen LogP contribution in [0.15, 0.2) is 77.3 Å². The number of benzene rings is 2. The zero-order valence-electron chi connectivity index (χ0n) is 15.1. The molecule has 0 radical (unpaired) electrons. The molecule has 28 heavy (non-hydrogen) atoms. The van der Waals surface area contributed by atoms with Gasteiger partial charge in [-0.15, -0.1) is 21.5 Å². The third-order valence-electron chi connectivity index (χ3n) is 4.06. The van der Waals surface area contributed by atoms with Crippen LogP contribution in [0.2, 0.25) is 0 Å². The smallest absolute Gasteiger partial charge is 0.191 e. The second-order valence-electron chi connectivity index (χ2n) is 5.99. The first-order valence-corrected chi connectivity index (χ1v) is 10.5. The number of hydrogen-bond donors (Lipinski definition) is 0. The zero-order valence-corrected chi connectivity index (χ0v) is 16.7. The second kappa shape index (κ2) is 8.41. The number of Topliss-reactive ketones (excluding diaryl/α,β-unsaturated/α-hetero) is 1. The Balaban J connectivity index is 1.38. The van der Waals surface area contributed by atoms with E-state index >= 15 is 0 Å². The van der Waals surface area contributed by atoms with Crippen LogP contribution >= 0.6 is 23.1 Å². The molecule has 0 aliphatic rings. The molecule has 0 saturated heterocycles. The lowest BCUT2D eigenvalue weighted by molar-refractivity contribution is 0.102. The number of carbonyl (C=O) groups is 1. The lowest BCUT2D eigenvalue weighted by atomic mass is 10.1. The van der Waals surface area contributed by atoms with Crippen molar-refractivity contribution >= 4 is 28.9 Å². The number of thiophene rings is 1. The summed E-state index contributed by atoms with van der Waals surface area (Å²) in [4.78, 5) is 13.6. The summed E-state index contributed by atoms with van der Waals surface area (Å²) in [5.41, 5.74) is 0.647. The molecule has 2 aromatic carbocycles. The maximum absolute atomic E-state index is 12.5. The van der Waals surface area contributed by atoms with Gasteiger partial charge in [0, 0.05) is 12.6 Å². The molecule has 140 valence electrons. The van der Waals surface area contributed by atoms with E-state index in [1.807, 2.05) is 71.6 Å². The van der Waals surface area contributed by atoms with Gasteiger partial charge in [-0.2, -0.15) is 0 Å².